The van der Waals surface area contributed by atoms with E-state index >= 15 is 0 Å². The smallest absolute Gasteiger partial charge is 0.329 e. The number of hydrogen-bond donors (Lipinski definition) is 1. The zero-order valence-electron chi connectivity index (χ0n) is 37.7. The fourth-order valence-electron chi connectivity index (χ4n) is 8.93. The van der Waals surface area contributed by atoms with Crippen molar-refractivity contribution in [3.63, 3.8) is 0 Å². The molecule has 1 N–H and O–H groups in total. The maximum atomic E-state index is 14.5. The zero-order valence-corrected chi connectivity index (χ0v) is 37.7. The van der Waals surface area contributed by atoms with Crippen molar-refractivity contribution in [1.82, 2.24) is 29.8 Å². The number of ether oxygens (including phenoxy) is 2. The van der Waals surface area contributed by atoms with E-state index in [2.05, 4.69) is 5.32 Å². The molecule has 3 heterocycles. The third-order valence-corrected chi connectivity index (χ3v) is 11.9. The summed E-state index contributed by atoms with van der Waals surface area (Å²) in [7, 11) is 6.64. The molecule has 0 aliphatic carbocycles. The normalized spacial score (nSPS) is 21.4. The standard InChI is InChI=1S/C45H68N6O9/c1-26(2)36(46-40(53)37(27(3)4)47(9)10)42(55)48(11)38(28(5)6)43(56)49-22-16-20-31(49)41(54)50-23-17-21-32(50)45(58)60-39(29(7)8)44(57)51-33(34(59-12)25-35(51)52)24-30-18-14-13-15-19-30/h13-15,18-19,25-29,31-33,36-39H,16-17,20-24H2,1-12H3,(H,46,53)/t31?,32?,33-,36?,37-,38-,39-/m0/s1. The highest BCUT2D eigenvalue weighted by Crippen LogP contribution is 2.30. The molecule has 0 radical (unpaired) electrons. The third kappa shape index (κ3) is 10.6. The average Bonchev–Trinajstić information content (AvgIpc) is 3.94. The summed E-state index contributed by atoms with van der Waals surface area (Å²) in [6.07, 6.45) is 2.02. The maximum Gasteiger partial charge on any atom is 0.329 e. The summed E-state index contributed by atoms with van der Waals surface area (Å²) in [6, 6.07) is 4.52. The van der Waals surface area contributed by atoms with Crippen molar-refractivity contribution in [2.75, 3.05) is 41.3 Å². The molecule has 1 aromatic carbocycles. The van der Waals surface area contributed by atoms with Gasteiger partial charge in [-0.15, -0.1) is 0 Å². The van der Waals surface area contributed by atoms with Gasteiger partial charge in [0.05, 0.1) is 13.2 Å². The first-order valence-electron chi connectivity index (χ1n) is 21.4. The second-order valence-corrected chi connectivity index (χ2v) is 18.0. The van der Waals surface area contributed by atoms with Crippen molar-refractivity contribution < 1.29 is 43.0 Å². The van der Waals surface area contributed by atoms with Crippen LogP contribution in [0.5, 0.6) is 0 Å². The van der Waals surface area contributed by atoms with Gasteiger partial charge in [0, 0.05) is 32.6 Å². The number of esters is 1. The zero-order chi connectivity index (χ0) is 44.7. The summed E-state index contributed by atoms with van der Waals surface area (Å²) in [4.78, 5) is 105. The van der Waals surface area contributed by atoms with E-state index in [0.717, 1.165) is 10.5 Å². The first kappa shape index (κ1) is 47.9. The number of methoxy groups -OCH3 is 1. The number of nitrogens with one attached hydrogen (secondary N) is 1. The Morgan fingerprint density at radius 2 is 1.35 bits per heavy atom. The largest absolute Gasteiger partial charge is 0.499 e. The number of benzene rings is 1. The molecule has 332 valence electrons. The van der Waals surface area contributed by atoms with Crippen molar-refractivity contribution >= 4 is 41.4 Å². The van der Waals surface area contributed by atoms with Gasteiger partial charge in [-0.1, -0.05) is 85.7 Å². The van der Waals surface area contributed by atoms with Crippen molar-refractivity contribution in [1.29, 1.82) is 0 Å². The van der Waals surface area contributed by atoms with Gasteiger partial charge in [-0.3, -0.25) is 38.6 Å². The molecule has 15 heteroatoms. The van der Waals surface area contributed by atoms with Crippen LogP contribution in [0.4, 0.5) is 0 Å². The highest BCUT2D eigenvalue weighted by atomic mass is 16.6. The average molecular weight is 837 g/mol. The van der Waals surface area contributed by atoms with E-state index in [4.69, 9.17) is 9.47 Å². The van der Waals surface area contributed by atoms with Gasteiger partial charge in [0.15, 0.2) is 6.10 Å². The van der Waals surface area contributed by atoms with Crippen LogP contribution in [0.2, 0.25) is 0 Å². The summed E-state index contributed by atoms with van der Waals surface area (Å²) < 4.78 is 11.4. The molecule has 0 spiro atoms. The molecular weight excluding hydrogens is 769 g/mol. The SMILES string of the molecule is COC1=CC(=O)N(C(=O)[C@@H](OC(=O)C2CCCN2C(=O)C2CCCN2C(=O)[C@H](C(C)C)N(C)C(=O)C(NC(=O)[C@H](C(C)C)N(C)C)C(C)C)C(C)C)[C@H]1Cc1ccccc1. The number of carbonyl (C=O) groups excluding carboxylic acids is 7. The van der Waals surface area contributed by atoms with Gasteiger partial charge in [-0.05, 0) is 69.0 Å². The molecule has 0 aromatic heterocycles. The number of amides is 6. The fourth-order valence-corrected chi connectivity index (χ4v) is 8.93. The molecule has 60 heavy (non-hydrogen) atoms. The number of carbonyl (C=O) groups is 7. The fraction of sp³-hybridized carbons (Fsp3) is 0.667. The third-order valence-electron chi connectivity index (χ3n) is 11.9. The number of imide groups is 1. The van der Waals surface area contributed by atoms with Crippen molar-refractivity contribution in [2.45, 2.75) is 130 Å². The van der Waals surface area contributed by atoms with Crippen LogP contribution in [-0.4, -0.2) is 150 Å². The molecule has 0 saturated carbocycles. The van der Waals surface area contributed by atoms with E-state index < -0.39 is 77.9 Å². The molecule has 2 fully saturated rings. The number of likely N-dealkylation sites (N-methyl/N-ethyl adjacent to an activating group) is 2. The highest BCUT2D eigenvalue weighted by Gasteiger charge is 2.48. The van der Waals surface area contributed by atoms with Crippen molar-refractivity contribution in [3.8, 4) is 0 Å². The van der Waals surface area contributed by atoms with Crippen molar-refractivity contribution in [3.05, 3.63) is 47.7 Å². The van der Waals surface area contributed by atoms with Crippen LogP contribution >= 0.6 is 0 Å². The summed E-state index contributed by atoms with van der Waals surface area (Å²) in [5, 5.41) is 2.95. The minimum absolute atomic E-state index is 0.00726. The van der Waals surface area contributed by atoms with E-state index in [1.54, 1.807) is 20.9 Å². The lowest BCUT2D eigenvalue weighted by atomic mass is 9.96. The molecule has 7 atom stereocenters. The molecule has 3 aliphatic rings. The number of likely N-dealkylation sites (tertiary alicyclic amines) is 2. The maximum absolute atomic E-state index is 14.5. The van der Waals surface area contributed by atoms with Crippen LogP contribution in [0.15, 0.2) is 42.2 Å². The minimum Gasteiger partial charge on any atom is -0.499 e. The van der Waals surface area contributed by atoms with Crippen LogP contribution in [0.25, 0.3) is 0 Å². The van der Waals surface area contributed by atoms with Gasteiger partial charge in [0.1, 0.15) is 36.0 Å². The number of rotatable bonds is 17. The molecule has 15 nitrogen and oxygen atoms in total. The summed E-state index contributed by atoms with van der Waals surface area (Å²) >= 11 is 0. The number of hydrogen-bond acceptors (Lipinski definition) is 10. The van der Waals surface area contributed by atoms with Gasteiger partial charge < -0.3 is 29.5 Å². The van der Waals surface area contributed by atoms with E-state index in [0.29, 0.717) is 44.4 Å². The Morgan fingerprint density at radius 1 is 0.767 bits per heavy atom. The molecule has 2 saturated heterocycles. The Labute approximate surface area is 356 Å². The molecule has 3 unspecified atom stereocenters. The second-order valence-electron chi connectivity index (χ2n) is 18.0. The van der Waals surface area contributed by atoms with Gasteiger partial charge >= 0.3 is 5.97 Å². The lowest BCUT2D eigenvalue weighted by Gasteiger charge is -2.39. The van der Waals surface area contributed by atoms with E-state index in [1.165, 1.54) is 27.9 Å². The monoisotopic (exact) mass is 837 g/mol. The van der Waals surface area contributed by atoms with Gasteiger partial charge in [0.25, 0.3) is 11.8 Å². The van der Waals surface area contributed by atoms with Gasteiger partial charge in [0.2, 0.25) is 23.6 Å². The first-order valence-corrected chi connectivity index (χ1v) is 21.4. The molecule has 3 aliphatic heterocycles. The van der Waals surface area contributed by atoms with E-state index in [1.807, 2.05) is 90.9 Å². The van der Waals surface area contributed by atoms with Gasteiger partial charge in [-0.25, -0.2) is 4.79 Å². The molecule has 6 amide bonds. The molecule has 4 rings (SSSR count). The van der Waals surface area contributed by atoms with Gasteiger partial charge in [-0.2, -0.15) is 0 Å². The van der Waals surface area contributed by atoms with Crippen LogP contribution in [-0.2, 0) is 49.5 Å². The lowest BCUT2D eigenvalue weighted by molar-refractivity contribution is -0.170. The molecule has 0 bridgehead atoms. The Morgan fingerprint density at radius 3 is 1.88 bits per heavy atom. The van der Waals surface area contributed by atoms with Crippen molar-refractivity contribution in [2.24, 2.45) is 23.7 Å². The topological polar surface area (TPSA) is 166 Å². The minimum atomic E-state index is -1.31. The predicted molar refractivity (Wildman–Crippen MR) is 226 cm³/mol. The summed E-state index contributed by atoms with van der Waals surface area (Å²) in [6.45, 7) is 15.3. The van der Waals surface area contributed by atoms with Crippen LogP contribution in [0.1, 0.15) is 86.6 Å². The lowest BCUT2D eigenvalue weighted by Crippen LogP contribution is -2.61. The predicted octanol–water partition coefficient (Wildman–Crippen LogP) is 3.26. The number of nitrogens with zero attached hydrogens (tertiary/aromatic N) is 5. The summed E-state index contributed by atoms with van der Waals surface area (Å²) in [5.41, 5.74) is 0.886. The Kier molecular flexibility index (Phi) is 16.5. The molecular formula is C45H68N6O9. The second kappa shape index (κ2) is 20.7. The first-order chi connectivity index (χ1) is 28.2. The van der Waals surface area contributed by atoms with Crippen LogP contribution < -0.4 is 5.32 Å². The molecule has 1 aromatic rings. The Hall–Kier alpha value is -4.79. The highest BCUT2D eigenvalue weighted by molar-refractivity contribution is 6.06. The van der Waals surface area contributed by atoms with Crippen LogP contribution in [0.3, 0.4) is 0 Å². The Bertz CT molecular complexity index is 1750. The quantitative estimate of drug-likeness (QED) is 0.230. The summed E-state index contributed by atoms with van der Waals surface area (Å²) in [5.74, 6) is -4.24. The van der Waals surface area contributed by atoms with E-state index in [-0.39, 0.29) is 36.1 Å². The van der Waals surface area contributed by atoms with E-state index in [9.17, 15) is 33.6 Å². The van der Waals surface area contributed by atoms with Crippen LogP contribution in [0, 0.1) is 23.7 Å². The Balaban J connectivity index is 1.50.